The van der Waals surface area contributed by atoms with Crippen LogP contribution in [0.1, 0.15) is 33.2 Å². The third kappa shape index (κ3) is 6.49. The highest BCUT2D eigenvalue weighted by Gasteiger charge is 2.15. The molecular weight excluding hydrogens is 460 g/mol. The summed E-state index contributed by atoms with van der Waals surface area (Å²) >= 11 is 6.01. The van der Waals surface area contributed by atoms with Crippen LogP contribution in [0.5, 0.6) is 11.5 Å². The molecule has 3 rings (SSSR count). The summed E-state index contributed by atoms with van der Waals surface area (Å²) in [7, 11) is 1.47. The lowest BCUT2D eigenvalue weighted by molar-refractivity contribution is 0.0946. The minimum Gasteiger partial charge on any atom is -0.496 e. The molecule has 3 aromatic carbocycles. The van der Waals surface area contributed by atoms with Crippen molar-refractivity contribution >= 4 is 35.3 Å². The number of hydrogen-bond donors (Lipinski definition) is 2. The largest absolute Gasteiger partial charge is 0.513 e. The standard InChI is InChI=1S/C25H23ClN2O6/c1-3-33-25(31)34-19-11-8-16(9-12-19)23(29)28-21-7-5-4-6-17(21)15-27-24(30)20-14-18(26)10-13-22(20)32-2/h4-14H,3,15H2,1-2H3,(H,27,30)(H,28,29). The number of methoxy groups -OCH3 is 1. The van der Waals surface area contributed by atoms with Crippen LogP contribution in [0.15, 0.2) is 66.7 Å². The van der Waals surface area contributed by atoms with Gasteiger partial charge in [0.2, 0.25) is 0 Å². The van der Waals surface area contributed by atoms with Gasteiger partial charge in [-0.2, -0.15) is 0 Å². The Morgan fingerprint density at radius 2 is 1.68 bits per heavy atom. The molecule has 0 aliphatic carbocycles. The Balaban J connectivity index is 1.66. The molecule has 2 amide bonds. The second kappa shape index (κ2) is 11.7. The highest BCUT2D eigenvalue weighted by Crippen LogP contribution is 2.23. The molecule has 176 valence electrons. The summed E-state index contributed by atoms with van der Waals surface area (Å²) in [5, 5.41) is 6.07. The molecule has 0 fully saturated rings. The van der Waals surface area contributed by atoms with E-state index in [0.29, 0.717) is 33.1 Å². The van der Waals surface area contributed by atoms with Gasteiger partial charge in [0.1, 0.15) is 11.5 Å². The third-order valence-corrected chi connectivity index (χ3v) is 4.93. The predicted octanol–water partition coefficient (Wildman–Crippen LogP) is 5.07. The van der Waals surface area contributed by atoms with Crippen LogP contribution in [0, 0.1) is 0 Å². The van der Waals surface area contributed by atoms with Gasteiger partial charge in [-0.25, -0.2) is 4.79 Å². The number of ether oxygens (including phenoxy) is 3. The van der Waals surface area contributed by atoms with Gasteiger partial charge in [-0.1, -0.05) is 29.8 Å². The highest BCUT2D eigenvalue weighted by molar-refractivity contribution is 6.31. The topological polar surface area (TPSA) is 103 Å². The van der Waals surface area contributed by atoms with E-state index in [1.165, 1.54) is 37.4 Å². The number of halogens is 1. The number of benzene rings is 3. The average molecular weight is 483 g/mol. The molecule has 0 radical (unpaired) electrons. The number of carbonyl (C=O) groups is 3. The fraction of sp³-hybridized carbons (Fsp3) is 0.160. The molecule has 9 heteroatoms. The number of anilines is 1. The molecular formula is C25H23ClN2O6. The van der Waals surface area contributed by atoms with Crippen molar-refractivity contribution in [1.82, 2.24) is 5.32 Å². The summed E-state index contributed by atoms with van der Waals surface area (Å²) in [4.78, 5) is 36.8. The smallest absolute Gasteiger partial charge is 0.496 e. The zero-order valence-corrected chi connectivity index (χ0v) is 19.3. The van der Waals surface area contributed by atoms with Gasteiger partial charge in [-0.05, 0) is 61.0 Å². The van der Waals surface area contributed by atoms with Crippen molar-refractivity contribution < 1.29 is 28.6 Å². The Hall–Kier alpha value is -4.04. The van der Waals surface area contributed by atoms with E-state index in [1.54, 1.807) is 43.3 Å². The predicted molar refractivity (Wildman–Crippen MR) is 128 cm³/mol. The lowest BCUT2D eigenvalue weighted by Crippen LogP contribution is -2.24. The van der Waals surface area contributed by atoms with Gasteiger partial charge < -0.3 is 24.8 Å². The van der Waals surface area contributed by atoms with Crippen LogP contribution in [0.3, 0.4) is 0 Å². The molecule has 0 aliphatic rings. The van der Waals surface area contributed by atoms with Crippen molar-refractivity contribution in [3.8, 4) is 11.5 Å². The van der Waals surface area contributed by atoms with E-state index in [1.807, 2.05) is 0 Å². The van der Waals surface area contributed by atoms with Gasteiger partial charge in [-0.3, -0.25) is 9.59 Å². The van der Waals surface area contributed by atoms with Gasteiger partial charge in [-0.15, -0.1) is 0 Å². The quantitative estimate of drug-likeness (QED) is 0.343. The first-order chi connectivity index (χ1) is 16.4. The summed E-state index contributed by atoms with van der Waals surface area (Å²) < 4.78 is 14.9. The molecule has 3 aromatic rings. The fourth-order valence-electron chi connectivity index (χ4n) is 3.04. The summed E-state index contributed by atoms with van der Waals surface area (Å²) in [5.41, 5.74) is 1.91. The molecule has 34 heavy (non-hydrogen) atoms. The van der Waals surface area contributed by atoms with Crippen molar-refractivity contribution in [2.45, 2.75) is 13.5 Å². The molecule has 0 spiro atoms. The Labute approximate surface area is 201 Å². The van der Waals surface area contributed by atoms with Gasteiger partial charge in [0.05, 0.1) is 19.3 Å². The molecule has 2 N–H and O–H groups in total. The monoisotopic (exact) mass is 482 g/mol. The first-order valence-corrected chi connectivity index (χ1v) is 10.7. The van der Waals surface area contributed by atoms with E-state index in [2.05, 4.69) is 10.6 Å². The van der Waals surface area contributed by atoms with Crippen molar-refractivity contribution in [3.63, 3.8) is 0 Å². The number of para-hydroxylation sites is 1. The summed E-state index contributed by atoms with van der Waals surface area (Å²) in [5.74, 6) is -0.0657. The van der Waals surface area contributed by atoms with Crippen LogP contribution < -0.4 is 20.1 Å². The molecule has 0 aromatic heterocycles. The highest BCUT2D eigenvalue weighted by atomic mass is 35.5. The number of carbonyl (C=O) groups excluding carboxylic acids is 3. The van der Waals surface area contributed by atoms with Crippen LogP contribution in [0.4, 0.5) is 10.5 Å². The van der Waals surface area contributed by atoms with E-state index >= 15 is 0 Å². The van der Waals surface area contributed by atoms with Crippen molar-refractivity contribution in [1.29, 1.82) is 0 Å². The number of amides is 2. The Morgan fingerprint density at radius 1 is 0.941 bits per heavy atom. The van der Waals surface area contributed by atoms with Gasteiger partial charge in [0.15, 0.2) is 0 Å². The Morgan fingerprint density at radius 3 is 2.38 bits per heavy atom. The van der Waals surface area contributed by atoms with Crippen LogP contribution in [-0.2, 0) is 11.3 Å². The van der Waals surface area contributed by atoms with Crippen LogP contribution in [0.2, 0.25) is 5.02 Å². The zero-order valence-electron chi connectivity index (χ0n) is 18.6. The molecule has 0 atom stereocenters. The normalized spacial score (nSPS) is 10.2. The van der Waals surface area contributed by atoms with Gasteiger partial charge >= 0.3 is 6.16 Å². The molecule has 0 bridgehead atoms. The molecule has 0 saturated heterocycles. The molecule has 8 nitrogen and oxygen atoms in total. The number of nitrogens with one attached hydrogen (secondary N) is 2. The summed E-state index contributed by atoms with van der Waals surface area (Å²) in [6.07, 6.45) is -0.814. The van der Waals surface area contributed by atoms with Crippen molar-refractivity contribution in [2.24, 2.45) is 0 Å². The summed E-state index contributed by atoms with van der Waals surface area (Å²) in [6.45, 7) is 2.04. The first kappa shape index (κ1) is 24.6. The summed E-state index contributed by atoms with van der Waals surface area (Å²) in [6, 6.07) is 17.9. The first-order valence-electron chi connectivity index (χ1n) is 10.4. The van der Waals surface area contributed by atoms with E-state index in [-0.39, 0.29) is 30.7 Å². The van der Waals surface area contributed by atoms with Crippen molar-refractivity contribution in [2.75, 3.05) is 19.0 Å². The van der Waals surface area contributed by atoms with E-state index < -0.39 is 6.16 Å². The third-order valence-electron chi connectivity index (χ3n) is 4.69. The molecule has 0 unspecified atom stereocenters. The van der Waals surface area contributed by atoms with Gasteiger partial charge in [0.25, 0.3) is 11.8 Å². The van der Waals surface area contributed by atoms with Crippen LogP contribution in [0.25, 0.3) is 0 Å². The number of rotatable bonds is 8. The van der Waals surface area contributed by atoms with Gasteiger partial charge in [0, 0.05) is 22.8 Å². The maximum atomic E-state index is 12.7. The minimum atomic E-state index is -0.814. The zero-order chi connectivity index (χ0) is 24.5. The Bertz CT molecular complexity index is 1180. The maximum Gasteiger partial charge on any atom is 0.513 e. The second-order valence-electron chi connectivity index (χ2n) is 6.95. The van der Waals surface area contributed by atoms with E-state index in [9.17, 15) is 14.4 Å². The molecule has 0 saturated carbocycles. The Kier molecular flexibility index (Phi) is 8.48. The lowest BCUT2D eigenvalue weighted by atomic mass is 10.1. The minimum absolute atomic E-state index is 0.164. The van der Waals surface area contributed by atoms with Crippen molar-refractivity contribution in [3.05, 3.63) is 88.4 Å². The van der Waals surface area contributed by atoms with Crippen LogP contribution >= 0.6 is 11.6 Å². The fourth-order valence-corrected chi connectivity index (χ4v) is 3.21. The second-order valence-corrected chi connectivity index (χ2v) is 7.38. The van der Waals surface area contributed by atoms with E-state index in [0.717, 1.165) is 0 Å². The molecule has 0 heterocycles. The lowest BCUT2D eigenvalue weighted by Gasteiger charge is -2.13. The number of hydrogen-bond acceptors (Lipinski definition) is 6. The maximum absolute atomic E-state index is 12.7. The van der Waals surface area contributed by atoms with Crippen LogP contribution in [-0.4, -0.2) is 31.7 Å². The van der Waals surface area contributed by atoms with E-state index in [4.69, 9.17) is 25.8 Å². The SMILES string of the molecule is CCOC(=O)Oc1ccc(C(=O)Nc2ccccc2CNC(=O)c2cc(Cl)ccc2OC)cc1. The molecule has 0 aliphatic heterocycles. The average Bonchev–Trinajstić information content (AvgIpc) is 2.83.